The summed E-state index contributed by atoms with van der Waals surface area (Å²) in [6, 6.07) is 0. The van der Waals surface area contributed by atoms with E-state index in [4.69, 9.17) is 0 Å². The van der Waals surface area contributed by atoms with Crippen molar-refractivity contribution in [3.63, 3.8) is 0 Å². The van der Waals surface area contributed by atoms with Crippen molar-refractivity contribution in [2.45, 2.75) is 315 Å². The Balaban J connectivity index is 0.0000000938. The smallest absolute Gasteiger partial charge is 0.0194 e. The molecule has 7 heterocycles. The maximum absolute atomic E-state index is 3.92. The van der Waals surface area contributed by atoms with Gasteiger partial charge in [-0.15, -0.1) is 0 Å². The lowest BCUT2D eigenvalue weighted by Gasteiger charge is -2.48. The van der Waals surface area contributed by atoms with E-state index in [-0.39, 0.29) is 0 Å². The largest absolute Gasteiger partial charge is 0.316 e. The molecule has 9 N–H and O–H groups in total. The van der Waals surface area contributed by atoms with Gasteiger partial charge >= 0.3 is 0 Å². The lowest BCUT2D eigenvalue weighted by molar-refractivity contribution is 0.108. The Hall–Kier alpha value is -0.620. The van der Waals surface area contributed by atoms with Gasteiger partial charge in [-0.1, -0.05) is 63.5 Å². The second kappa shape index (κ2) is 24.8. The monoisotopic (exact) mass is 1040 g/mol. The van der Waals surface area contributed by atoms with Crippen molar-refractivity contribution in [3.8, 4) is 0 Å². The van der Waals surface area contributed by atoms with Crippen LogP contribution in [0.4, 0.5) is 0 Å². The van der Waals surface area contributed by atoms with E-state index in [1.807, 2.05) is 0 Å². The van der Waals surface area contributed by atoms with Crippen LogP contribution in [0.5, 0.6) is 0 Å². The molecule has 0 aromatic carbocycles. The van der Waals surface area contributed by atoms with Crippen LogP contribution < -0.4 is 47.9 Å². The molecule has 7 saturated heterocycles. The summed E-state index contributed by atoms with van der Waals surface area (Å²) in [7, 11) is 0. The molecule has 17 rings (SSSR count). The van der Waals surface area contributed by atoms with E-state index in [0.717, 1.165) is 23.9 Å². The minimum Gasteiger partial charge on any atom is -0.316 e. The first-order valence-corrected chi connectivity index (χ1v) is 34.0. The van der Waals surface area contributed by atoms with Gasteiger partial charge in [0.25, 0.3) is 0 Å². The van der Waals surface area contributed by atoms with Gasteiger partial charge in [-0.05, 0) is 262 Å². The number of rotatable bonds is 0. The predicted molar refractivity (Wildman–Crippen MR) is 316 cm³/mol. The molecule has 1 unspecified atom stereocenters. The molecule has 428 valence electrons. The van der Waals surface area contributed by atoms with Crippen LogP contribution >= 0.6 is 0 Å². The molecule has 0 radical (unpaired) electrons. The van der Waals surface area contributed by atoms with Crippen LogP contribution in [0.2, 0.25) is 0 Å². The van der Waals surface area contributed by atoms with Crippen LogP contribution in [-0.4, -0.2) is 111 Å². The van der Waals surface area contributed by atoms with Crippen molar-refractivity contribution in [2.75, 3.05) is 72.0 Å². The third-order valence-electron chi connectivity index (χ3n) is 24.5. The van der Waals surface area contributed by atoms with Crippen LogP contribution in [0.1, 0.15) is 276 Å². The van der Waals surface area contributed by atoms with Crippen molar-refractivity contribution < 1.29 is 0 Å². The molecule has 0 aromatic heterocycles. The highest BCUT2D eigenvalue weighted by Crippen LogP contribution is 2.56. The zero-order valence-electron chi connectivity index (χ0n) is 48.8. The van der Waals surface area contributed by atoms with E-state index in [9.17, 15) is 0 Å². The molecular weight excluding hydrogens is 919 g/mol. The first-order chi connectivity index (χ1) is 36.6. The van der Waals surface area contributed by atoms with Crippen molar-refractivity contribution in [2.24, 2.45) is 16.2 Å². The Morgan fingerprint density at radius 1 is 0.227 bits per heavy atom. The van der Waals surface area contributed by atoms with Crippen LogP contribution in [0.25, 0.3) is 0 Å². The van der Waals surface area contributed by atoms with E-state index in [2.05, 4.69) is 60.0 Å². The molecular formula is C66H119N9. The topological polar surface area (TPSA) is 108 Å². The molecule has 0 amide bonds. The molecule has 16 fully saturated rings. The fourth-order valence-corrected chi connectivity index (χ4v) is 17.5. The Labute approximate surface area is 461 Å². The molecule has 17 aliphatic rings. The van der Waals surface area contributed by atoms with Gasteiger partial charge in [-0.3, -0.25) is 0 Å². The van der Waals surface area contributed by atoms with Crippen LogP contribution in [0.3, 0.4) is 0 Å². The highest BCUT2D eigenvalue weighted by Gasteiger charge is 2.55. The first kappa shape index (κ1) is 56.3. The number of piperidine rings is 3. The molecule has 10 spiro atoms. The minimum atomic E-state index is 0.545. The van der Waals surface area contributed by atoms with Gasteiger partial charge in [0, 0.05) is 90.0 Å². The number of allylic oxidation sites excluding steroid dienone is 1. The van der Waals surface area contributed by atoms with Gasteiger partial charge in [0.15, 0.2) is 0 Å². The normalized spacial score (nSPS) is 34.7. The maximum atomic E-state index is 3.92. The van der Waals surface area contributed by atoms with Crippen LogP contribution in [0, 0.1) is 16.2 Å². The summed E-state index contributed by atoms with van der Waals surface area (Å²) in [5.41, 5.74) is 6.52. The highest BCUT2D eigenvalue weighted by atomic mass is 15.1. The van der Waals surface area contributed by atoms with E-state index < -0.39 is 0 Å². The molecule has 7 aliphatic heterocycles. The summed E-state index contributed by atoms with van der Waals surface area (Å²) in [6.07, 6.45) is 67.1. The summed E-state index contributed by atoms with van der Waals surface area (Å²) in [5, 5.41) is 32.8. The Morgan fingerprint density at radius 3 is 1.03 bits per heavy atom. The Bertz CT molecular complexity index is 1690. The van der Waals surface area contributed by atoms with Crippen molar-refractivity contribution >= 4 is 0 Å². The van der Waals surface area contributed by atoms with Gasteiger partial charge in [0.05, 0.1) is 0 Å². The van der Waals surface area contributed by atoms with E-state index in [1.165, 1.54) is 335 Å². The minimum absolute atomic E-state index is 0.545. The summed E-state index contributed by atoms with van der Waals surface area (Å²) in [6.45, 7) is 13.5. The molecule has 9 nitrogen and oxygen atoms in total. The second-order valence-electron chi connectivity index (χ2n) is 30.2. The summed E-state index contributed by atoms with van der Waals surface area (Å²) in [5.74, 6) is 0. The number of hydrogen-bond acceptors (Lipinski definition) is 9. The van der Waals surface area contributed by atoms with Gasteiger partial charge in [-0.25, -0.2) is 0 Å². The fraction of sp³-hybridized carbons (Fsp3) is 0.970. The Morgan fingerprint density at radius 2 is 0.627 bits per heavy atom. The van der Waals surface area contributed by atoms with Crippen LogP contribution in [-0.2, 0) is 0 Å². The average molecular weight is 1040 g/mol. The lowest BCUT2D eigenvalue weighted by Crippen LogP contribution is -2.56. The molecule has 9 heteroatoms. The summed E-state index contributed by atoms with van der Waals surface area (Å²) < 4.78 is 0. The molecule has 10 aliphatic carbocycles. The van der Waals surface area contributed by atoms with E-state index in [1.54, 1.807) is 0 Å². The second-order valence-corrected chi connectivity index (χ2v) is 30.2. The molecule has 9 saturated carbocycles. The SMILES string of the molecule is C1=CC2(CCC1)CCCNC2.C1CC2(C1)CCC1(CC1)CN2.C1CC2(C1)CCNCCN2.C1CCC2(C1)CCC1(CC1)CN2.C1CCC2(C1)CCC1(CC1)N2.C1CCC2(C1)CCNCCN2.C1CCNC2(CC1)CC2. The van der Waals surface area contributed by atoms with Crippen LogP contribution in [0.15, 0.2) is 12.2 Å². The first-order valence-electron chi connectivity index (χ1n) is 34.0. The van der Waals surface area contributed by atoms with Gasteiger partial charge in [0.1, 0.15) is 0 Å². The molecule has 0 bridgehead atoms. The number of hydrogen-bond donors (Lipinski definition) is 9. The highest BCUT2D eigenvalue weighted by molar-refractivity contribution is 5.15. The van der Waals surface area contributed by atoms with Crippen molar-refractivity contribution in [3.05, 3.63) is 12.2 Å². The Kier molecular flexibility index (Phi) is 18.6. The van der Waals surface area contributed by atoms with E-state index in [0.29, 0.717) is 44.2 Å². The van der Waals surface area contributed by atoms with Gasteiger partial charge < -0.3 is 47.9 Å². The van der Waals surface area contributed by atoms with Crippen molar-refractivity contribution in [1.29, 1.82) is 0 Å². The lowest BCUT2D eigenvalue weighted by atomic mass is 9.69. The molecule has 75 heavy (non-hydrogen) atoms. The predicted octanol–water partition coefficient (Wildman–Crippen LogP) is 11.9. The quantitative estimate of drug-likeness (QED) is 0.110. The average Bonchev–Trinajstić information content (AvgIpc) is 4.37. The maximum Gasteiger partial charge on any atom is 0.0194 e. The van der Waals surface area contributed by atoms with E-state index >= 15 is 0 Å². The van der Waals surface area contributed by atoms with Gasteiger partial charge in [-0.2, -0.15) is 0 Å². The fourth-order valence-electron chi connectivity index (χ4n) is 17.5. The third kappa shape index (κ3) is 15.3. The zero-order chi connectivity index (χ0) is 51.0. The molecule has 1 atom stereocenters. The molecule has 0 aromatic rings. The summed E-state index contributed by atoms with van der Waals surface area (Å²) >= 11 is 0. The third-order valence-corrected chi connectivity index (χ3v) is 24.5. The number of nitrogens with one attached hydrogen (secondary N) is 9. The zero-order valence-corrected chi connectivity index (χ0v) is 48.8. The van der Waals surface area contributed by atoms with Crippen molar-refractivity contribution in [1.82, 2.24) is 47.9 Å². The standard InChI is InChI=1S/C11H19N.3C10H17N.C9H18N2.C8H16N2.C8H15N/c1-2-4-11(3-1)8-7-10(5-6-10)9-12-11;1-2-10(3-1)7-6-9(4-5-9)8-11-10;1-2-4-9(3-1)5-6-10(11-9)7-8-10;1-2-5-10(6-3-1)7-4-8-11-9-10;1-2-4-9(3-1)5-6-10-7-8-11-9;1-2-8(3-1)4-5-9-6-7-10-8;1-2-4-8(5-6-8)9-7-3-1/h12H,1-9H2;2*11H,1-8H2;2,5,11H,1,3-4,6-9H2;10-11H,1-8H2;9-10H,1-7H2;9H,1-7H2. The summed E-state index contributed by atoms with van der Waals surface area (Å²) in [4.78, 5) is 0. The van der Waals surface area contributed by atoms with Gasteiger partial charge in [0.2, 0.25) is 0 Å².